The Labute approximate surface area is 220 Å². The fraction of sp³-hybridized carbons (Fsp3) is 0.423. The molecule has 8 nitrogen and oxygen atoms in total. The van der Waals surface area contributed by atoms with Crippen LogP contribution >= 0.6 is 24.0 Å². The van der Waals surface area contributed by atoms with Crippen LogP contribution in [0.25, 0.3) is 10.9 Å². The lowest BCUT2D eigenvalue weighted by molar-refractivity contribution is 0.0694. The largest absolute Gasteiger partial charge is 0.477 e. The van der Waals surface area contributed by atoms with Crippen molar-refractivity contribution in [1.82, 2.24) is 14.5 Å². The van der Waals surface area contributed by atoms with Crippen LogP contribution in [0, 0.1) is 5.92 Å². The molecule has 1 fully saturated rings. The van der Waals surface area contributed by atoms with E-state index in [4.69, 9.17) is 16.3 Å². The average molecular weight is 533 g/mol. The van der Waals surface area contributed by atoms with Crippen LogP contribution in [0.3, 0.4) is 0 Å². The quantitative estimate of drug-likeness (QED) is 0.491. The number of carboxylic acid groups (broad SMARTS) is 1. The Morgan fingerprint density at radius 1 is 1.25 bits per heavy atom. The first-order chi connectivity index (χ1) is 16.9. The Balaban J connectivity index is 0.00000304. The number of aromatic nitrogens is 2. The smallest absolute Gasteiger partial charge is 0.341 e. The molecule has 0 radical (unpaired) electrons. The standard InChI is InChI=1S/C26H29ClN4O4.ClH/c1-35-10-9-29-7-4-17(5-8-29)13-30-15-20(26(33)34)25(32)19-11-21(27)24(12-23(19)30)31-14-18-3-2-6-28-22(18)16-31;/h2-3,6,11-12,15,17H,4-5,7-10,13-14,16H2,1H3,(H,33,34);1H. The molecule has 0 saturated carbocycles. The van der Waals surface area contributed by atoms with Crippen LogP contribution in [0.1, 0.15) is 34.5 Å². The minimum atomic E-state index is -1.22. The van der Waals surface area contributed by atoms with Gasteiger partial charge in [0.2, 0.25) is 5.43 Å². The summed E-state index contributed by atoms with van der Waals surface area (Å²) in [7, 11) is 1.71. The molecule has 0 bridgehead atoms. The molecule has 0 amide bonds. The lowest BCUT2D eigenvalue weighted by Crippen LogP contribution is -2.37. The van der Waals surface area contributed by atoms with E-state index < -0.39 is 11.4 Å². The molecular weight excluding hydrogens is 503 g/mol. The number of carboxylic acids is 1. The first kappa shape index (κ1) is 26.4. The molecule has 0 unspecified atom stereocenters. The molecular formula is C26H30Cl2N4O4. The second-order valence-corrected chi connectivity index (χ2v) is 9.80. The number of ether oxygens (including phenoxy) is 1. The molecule has 4 heterocycles. The number of benzene rings is 1. The second-order valence-electron chi connectivity index (χ2n) is 9.39. The molecule has 192 valence electrons. The first-order valence-electron chi connectivity index (χ1n) is 11.9. The molecule has 10 heteroatoms. The average Bonchev–Trinajstić information content (AvgIpc) is 3.29. The normalized spacial score (nSPS) is 16.2. The maximum absolute atomic E-state index is 13.0. The number of likely N-dealkylation sites (tertiary alicyclic amines) is 1. The van der Waals surface area contributed by atoms with E-state index in [1.165, 1.54) is 6.20 Å². The monoisotopic (exact) mass is 532 g/mol. The summed E-state index contributed by atoms with van der Waals surface area (Å²) in [6.07, 6.45) is 5.30. The molecule has 0 aliphatic carbocycles. The van der Waals surface area contributed by atoms with Crippen molar-refractivity contribution in [3.63, 3.8) is 0 Å². The lowest BCUT2D eigenvalue weighted by Gasteiger charge is -2.32. The highest BCUT2D eigenvalue weighted by molar-refractivity contribution is 6.34. The van der Waals surface area contributed by atoms with Crippen molar-refractivity contribution in [3.05, 3.63) is 68.7 Å². The summed E-state index contributed by atoms with van der Waals surface area (Å²) in [5.74, 6) is -0.832. The predicted molar refractivity (Wildman–Crippen MR) is 143 cm³/mol. The number of nitrogens with zero attached hydrogens (tertiary/aromatic N) is 4. The zero-order valence-corrected chi connectivity index (χ0v) is 21.7. The van der Waals surface area contributed by atoms with Crippen LogP contribution in [-0.2, 0) is 24.4 Å². The maximum Gasteiger partial charge on any atom is 0.341 e. The zero-order valence-electron chi connectivity index (χ0n) is 20.2. The number of anilines is 1. The van der Waals surface area contributed by atoms with Gasteiger partial charge in [0.15, 0.2) is 0 Å². The summed E-state index contributed by atoms with van der Waals surface area (Å²) in [6.45, 7) is 5.57. The number of hydrogen-bond donors (Lipinski definition) is 1. The predicted octanol–water partition coefficient (Wildman–Crippen LogP) is 4.05. The van der Waals surface area contributed by atoms with Crippen molar-refractivity contribution in [2.75, 3.05) is 38.3 Å². The molecule has 2 aliphatic heterocycles. The van der Waals surface area contributed by atoms with Crippen molar-refractivity contribution >= 4 is 46.6 Å². The van der Waals surface area contributed by atoms with Gasteiger partial charge in [-0.2, -0.15) is 0 Å². The molecule has 0 atom stereocenters. The van der Waals surface area contributed by atoms with Gasteiger partial charge in [0.25, 0.3) is 0 Å². The van der Waals surface area contributed by atoms with Gasteiger partial charge >= 0.3 is 5.97 Å². The molecule has 5 rings (SSSR count). The summed E-state index contributed by atoms with van der Waals surface area (Å²) in [4.78, 5) is 33.9. The van der Waals surface area contributed by atoms with Crippen LogP contribution in [0.4, 0.5) is 5.69 Å². The van der Waals surface area contributed by atoms with Gasteiger partial charge in [-0.1, -0.05) is 17.7 Å². The van der Waals surface area contributed by atoms with E-state index in [-0.39, 0.29) is 18.0 Å². The highest BCUT2D eigenvalue weighted by Gasteiger charge is 2.25. The Hall–Kier alpha value is -2.65. The number of pyridine rings is 2. The van der Waals surface area contributed by atoms with Crippen molar-refractivity contribution < 1.29 is 14.6 Å². The summed E-state index contributed by atoms with van der Waals surface area (Å²) < 4.78 is 7.14. The Morgan fingerprint density at radius 3 is 2.72 bits per heavy atom. The number of rotatable bonds is 7. The van der Waals surface area contributed by atoms with E-state index in [1.54, 1.807) is 19.4 Å². The van der Waals surface area contributed by atoms with Gasteiger partial charge in [-0.25, -0.2) is 4.79 Å². The van der Waals surface area contributed by atoms with Crippen molar-refractivity contribution in [2.24, 2.45) is 5.92 Å². The molecule has 3 aromatic rings. The Bertz CT molecular complexity index is 1300. The van der Waals surface area contributed by atoms with Crippen LogP contribution in [0.5, 0.6) is 0 Å². The number of fused-ring (bicyclic) bond motifs is 2. The number of aromatic carboxylic acids is 1. The topological polar surface area (TPSA) is 87.9 Å². The van der Waals surface area contributed by atoms with Gasteiger partial charge in [0.05, 0.1) is 35.1 Å². The van der Waals surface area contributed by atoms with E-state index in [1.807, 2.05) is 16.7 Å². The summed E-state index contributed by atoms with van der Waals surface area (Å²) in [5.41, 5.74) is 2.98. The number of piperidine rings is 1. The highest BCUT2D eigenvalue weighted by atomic mass is 35.5. The molecule has 1 N–H and O–H groups in total. The fourth-order valence-electron chi connectivity index (χ4n) is 5.21. The zero-order chi connectivity index (χ0) is 24.5. The Morgan fingerprint density at radius 2 is 2.03 bits per heavy atom. The van der Waals surface area contributed by atoms with Crippen LogP contribution in [0.2, 0.25) is 5.02 Å². The highest BCUT2D eigenvalue weighted by Crippen LogP contribution is 2.35. The van der Waals surface area contributed by atoms with Gasteiger partial charge < -0.3 is 24.2 Å². The minimum Gasteiger partial charge on any atom is -0.477 e. The molecule has 2 aromatic heterocycles. The summed E-state index contributed by atoms with van der Waals surface area (Å²) in [5, 5.41) is 10.5. The van der Waals surface area contributed by atoms with E-state index in [0.29, 0.717) is 41.5 Å². The van der Waals surface area contributed by atoms with Gasteiger partial charge in [-0.15, -0.1) is 12.4 Å². The van der Waals surface area contributed by atoms with Crippen molar-refractivity contribution in [2.45, 2.75) is 32.5 Å². The molecule has 1 saturated heterocycles. The van der Waals surface area contributed by atoms with Gasteiger partial charge in [0.1, 0.15) is 5.56 Å². The van der Waals surface area contributed by atoms with Crippen LogP contribution in [0.15, 0.2) is 41.5 Å². The van der Waals surface area contributed by atoms with Gasteiger partial charge in [-0.3, -0.25) is 9.78 Å². The second kappa shape index (κ2) is 11.2. The SMILES string of the molecule is COCCN1CCC(Cn2cc(C(=O)O)c(=O)c3cc(Cl)c(N4Cc5cccnc5C4)cc32)CC1.Cl. The minimum absolute atomic E-state index is 0. The third-order valence-electron chi connectivity index (χ3n) is 7.18. The molecule has 2 aliphatic rings. The van der Waals surface area contributed by atoms with Gasteiger partial charge in [0, 0.05) is 44.5 Å². The Kier molecular flexibility index (Phi) is 8.20. The van der Waals surface area contributed by atoms with E-state index in [2.05, 4.69) is 20.9 Å². The summed E-state index contributed by atoms with van der Waals surface area (Å²) >= 11 is 6.66. The van der Waals surface area contributed by atoms with Crippen LogP contribution < -0.4 is 10.3 Å². The van der Waals surface area contributed by atoms with E-state index >= 15 is 0 Å². The maximum atomic E-state index is 13.0. The fourth-order valence-corrected chi connectivity index (χ4v) is 5.49. The van der Waals surface area contributed by atoms with Crippen LogP contribution in [-0.4, -0.2) is 58.9 Å². The molecule has 36 heavy (non-hydrogen) atoms. The molecule has 0 spiro atoms. The van der Waals surface area contributed by atoms with E-state index in [9.17, 15) is 14.7 Å². The van der Waals surface area contributed by atoms with Gasteiger partial charge in [-0.05, 0) is 55.6 Å². The molecule has 1 aromatic carbocycles. The lowest BCUT2D eigenvalue weighted by atomic mass is 9.96. The summed E-state index contributed by atoms with van der Waals surface area (Å²) in [6, 6.07) is 7.55. The van der Waals surface area contributed by atoms with E-state index in [0.717, 1.165) is 56.0 Å². The number of halogens is 2. The van der Waals surface area contributed by atoms with Crippen molar-refractivity contribution in [3.8, 4) is 0 Å². The van der Waals surface area contributed by atoms with Crippen molar-refractivity contribution in [1.29, 1.82) is 0 Å². The number of carbonyl (C=O) groups is 1. The first-order valence-corrected chi connectivity index (χ1v) is 12.3. The third kappa shape index (κ3) is 5.22. The number of methoxy groups -OCH3 is 1. The third-order valence-corrected chi connectivity index (χ3v) is 7.48. The number of hydrogen-bond acceptors (Lipinski definition) is 6.